The maximum Gasteiger partial charge on any atom is 0.408 e. The van der Waals surface area contributed by atoms with E-state index in [1.54, 1.807) is 6.07 Å². The predicted octanol–water partition coefficient (Wildman–Crippen LogP) is 2.66. The van der Waals surface area contributed by atoms with Crippen molar-refractivity contribution in [2.75, 3.05) is 7.11 Å². The molecule has 0 aliphatic carbocycles. The summed E-state index contributed by atoms with van der Waals surface area (Å²) in [7, 11) is 1.28. The Bertz CT molecular complexity index is 700. The minimum Gasteiger partial charge on any atom is -0.467 e. The maximum absolute atomic E-state index is 11.8. The summed E-state index contributed by atoms with van der Waals surface area (Å²) in [5, 5.41) is 3.53. The average Bonchev–Trinajstić information content (AvgIpc) is 2.56. The zero-order valence-electron chi connectivity index (χ0n) is 13.4. The van der Waals surface area contributed by atoms with Crippen LogP contribution in [-0.4, -0.2) is 30.2 Å². The van der Waals surface area contributed by atoms with Gasteiger partial charge in [-0.05, 0) is 18.1 Å². The van der Waals surface area contributed by atoms with E-state index in [1.165, 1.54) is 7.11 Å². The van der Waals surface area contributed by atoms with Crippen LogP contribution in [0.4, 0.5) is 4.79 Å². The third-order valence-electron chi connectivity index (χ3n) is 3.40. The summed E-state index contributed by atoms with van der Waals surface area (Å²) in [4.78, 5) is 27.9. The highest BCUT2D eigenvalue weighted by atomic mass is 16.6. The fraction of sp³-hybridized carbons (Fsp3) is 0.353. The highest BCUT2D eigenvalue weighted by Crippen LogP contribution is 2.12. The number of carbonyl (C=O) groups excluding carboxylic acids is 2. The van der Waals surface area contributed by atoms with E-state index in [4.69, 9.17) is 4.74 Å². The van der Waals surface area contributed by atoms with Crippen LogP contribution in [0, 0.1) is 5.92 Å². The molecule has 6 nitrogen and oxygen atoms in total. The van der Waals surface area contributed by atoms with E-state index in [9.17, 15) is 9.59 Å². The van der Waals surface area contributed by atoms with Crippen LogP contribution in [0.3, 0.4) is 0 Å². The third kappa shape index (κ3) is 4.42. The number of methoxy groups -OCH3 is 1. The van der Waals surface area contributed by atoms with Crippen LogP contribution in [0.25, 0.3) is 10.9 Å². The van der Waals surface area contributed by atoms with Crippen molar-refractivity contribution in [2.24, 2.45) is 5.92 Å². The molecule has 2 aromatic rings. The molecule has 122 valence electrons. The van der Waals surface area contributed by atoms with E-state index in [0.717, 1.165) is 10.9 Å². The van der Waals surface area contributed by atoms with E-state index in [1.807, 2.05) is 44.2 Å². The number of fused-ring (bicyclic) bond motifs is 1. The van der Waals surface area contributed by atoms with Gasteiger partial charge in [0.05, 0.1) is 18.3 Å². The summed E-state index contributed by atoms with van der Waals surface area (Å²) in [6.45, 7) is 3.65. The van der Waals surface area contributed by atoms with Gasteiger partial charge in [0.2, 0.25) is 0 Å². The van der Waals surface area contributed by atoms with Crippen LogP contribution in [0.1, 0.15) is 19.5 Å². The molecule has 0 unspecified atom stereocenters. The molecule has 1 atom stereocenters. The predicted molar refractivity (Wildman–Crippen MR) is 85.7 cm³/mol. The lowest BCUT2D eigenvalue weighted by molar-refractivity contribution is -0.144. The number of nitrogens with zero attached hydrogens (tertiary/aromatic N) is 1. The number of amides is 1. The molecule has 6 heteroatoms. The topological polar surface area (TPSA) is 77.5 Å². The molecule has 0 radical (unpaired) electrons. The lowest BCUT2D eigenvalue weighted by atomic mass is 10.1. The van der Waals surface area contributed by atoms with Gasteiger partial charge < -0.3 is 14.8 Å². The van der Waals surface area contributed by atoms with E-state index < -0.39 is 18.1 Å². The fourth-order valence-electron chi connectivity index (χ4n) is 2.12. The van der Waals surface area contributed by atoms with Gasteiger partial charge in [0.25, 0.3) is 0 Å². The summed E-state index contributed by atoms with van der Waals surface area (Å²) >= 11 is 0. The molecule has 0 saturated carbocycles. The Morgan fingerprint density at radius 3 is 2.61 bits per heavy atom. The van der Waals surface area contributed by atoms with Gasteiger partial charge in [0.15, 0.2) is 0 Å². The molecule has 2 rings (SSSR count). The average molecular weight is 316 g/mol. The Morgan fingerprint density at radius 2 is 1.91 bits per heavy atom. The first-order valence-electron chi connectivity index (χ1n) is 7.37. The van der Waals surface area contributed by atoms with Crippen molar-refractivity contribution < 1.29 is 19.1 Å². The quantitative estimate of drug-likeness (QED) is 0.858. The smallest absolute Gasteiger partial charge is 0.408 e. The number of nitrogens with one attached hydrogen (secondary N) is 1. The Labute approximate surface area is 134 Å². The number of hydrogen-bond acceptors (Lipinski definition) is 5. The Balaban J connectivity index is 1.95. The summed E-state index contributed by atoms with van der Waals surface area (Å²) < 4.78 is 9.80. The monoisotopic (exact) mass is 316 g/mol. The number of pyridine rings is 1. The Hall–Kier alpha value is -2.63. The van der Waals surface area contributed by atoms with Crippen LogP contribution in [-0.2, 0) is 20.9 Å². The number of benzene rings is 1. The van der Waals surface area contributed by atoms with Crippen LogP contribution in [0.2, 0.25) is 0 Å². The molecule has 0 aliphatic rings. The molecule has 0 spiro atoms. The molecular weight excluding hydrogens is 296 g/mol. The molecule has 1 heterocycles. The number of alkyl carbamates (subject to hydrolysis) is 1. The van der Waals surface area contributed by atoms with Gasteiger partial charge in [0.1, 0.15) is 12.6 Å². The molecular formula is C17H20N2O4. The first-order valence-corrected chi connectivity index (χ1v) is 7.37. The number of esters is 1. The number of ether oxygens (including phenoxy) is 2. The van der Waals surface area contributed by atoms with Crippen molar-refractivity contribution in [3.63, 3.8) is 0 Å². The molecule has 1 aromatic carbocycles. The molecule has 0 bridgehead atoms. The second kappa shape index (κ2) is 7.58. The standard InChI is InChI=1S/C17H20N2O4/c1-11(2)15(16(20)22-3)19-17(21)23-10-13-9-8-12-6-4-5-7-14(12)18-13/h4-9,11,15H,10H2,1-3H3,(H,19,21)/t15-/m0/s1. The van der Waals surface area contributed by atoms with E-state index in [2.05, 4.69) is 15.0 Å². The summed E-state index contributed by atoms with van der Waals surface area (Å²) in [6.07, 6.45) is -0.677. The molecule has 0 aliphatic heterocycles. The van der Waals surface area contributed by atoms with E-state index in [0.29, 0.717) is 5.69 Å². The largest absolute Gasteiger partial charge is 0.467 e. The second-order valence-corrected chi connectivity index (χ2v) is 5.46. The van der Waals surface area contributed by atoms with Gasteiger partial charge in [-0.2, -0.15) is 0 Å². The summed E-state index contributed by atoms with van der Waals surface area (Å²) in [6, 6.07) is 10.7. The van der Waals surface area contributed by atoms with Gasteiger partial charge >= 0.3 is 12.1 Å². The van der Waals surface area contributed by atoms with Crippen molar-refractivity contribution >= 4 is 23.0 Å². The zero-order chi connectivity index (χ0) is 16.8. The number of rotatable bonds is 5. The lowest BCUT2D eigenvalue weighted by Gasteiger charge is -2.19. The van der Waals surface area contributed by atoms with Gasteiger partial charge in [-0.1, -0.05) is 38.1 Å². The third-order valence-corrected chi connectivity index (χ3v) is 3.40. The molecule has 1 N–H and O–H groups in total. The number of carbonyl (C=O) groups is 2. The molecule has 1 aromatic heterocycles. The SMILES string of the molecule is COC(=O)[C@@H](NC(=O)OCc1ccc2ccccc2n1)C(C)C. The van der Waals surface area contributed by atoms with Crippen LogP contribution in [0.5, 0.6) is 0 Å². The molecule has 23 heavy (non-hydrogen) atoms. The minimum atomic E-state index is -0.739. The van der Waals surface area contributed by atoms with Gasteiger partial charge in [-0.25, -0.2) is 14.6 Å². The normalized spacial score (nSPS) is 12.0. The van der Waals surface area contributed by atoms with Gasteiger partial charge in [-0.3, -0.25) is 0 Å². The van der Waals surface area contributed by atoms with Crippen LogP contribution >= 0.6 is 0 Å². The Morgan fingerprint density at radius 1 is 1.17 bits per heavy atom. The molecule has 0 saturated heterocycles. The van der Waals surface area contributed by atoms with Crippen molar-refractivity contribution in [1.29, 1.82) is 0 Å². The number of hydrogen-bond donors (Lipinski definition) is 1. The number of aromatic nitrogens is 1. The van der Waals surface area contributed by atoms with Gasteiger partial charge in [0, 0.05) is 5.39 Å². The van der Waals surface area contributed by atoms with Crippen molar-refractivity contribution in [3.8, 4) is 0 Å². The first kappa shape index (κ1) is 16.7. The van der Waals surface area contributed by atoms with Crippen molar-refractivity contribution in [3.05, 3.63) is 42.1 Å². The summed E-state index contributed by atoms with van der Waals surface area (Å²) in [5.41, 5.74) is 1.47. The maximum atomic E-state index is 11.8. The Kier molecular flexibility index (Phi) is 5.51. The fourth-order valence-corrected chi connectivity index (χ4v) is 2.12. The first-order chi connectivity index (χ1) is 11.0. The number of para-hydroxylation sites is 1. The highest BCUT2D eigenvalue weighted by molar-refractivity contribution is 5.81. The van der Waals surface area contributed by atoms with Crippen LogP contribution < -0.4 is 5.32 Å². The van der Waals surface area contributed by atoms with E-state index >= 15 is 0 Å². The minimum absolute atomic E-state index is 0.0304. The van der Waals surface area contributed by atoms with Crippen molar-refractivity contribution in [1.82, 2.24) is 10.3 Å². The summed E-state index contributed by atoms with van der Waals surface area (Å²) in [5.74, 6) is -0.602. The molecule has 0 fully saturated rings. The van der Waals surface area contributed by atoms with E-state index in [-0.39, 0.29) is 12.5 Å². The van der Waals surface area contributed by atoms with Crippen LogP contribution in [0.15, 0.2) is 36.4 Å². The highest BCUT2D eigenvalue weighted by Gasteiger charge is 2.25. The zero-order valence-corrected chi connectivity index (χ0v) is 13.4. The second-order valence-electron chi connectivity index (χ2n) is 5.46. The van der Waals surface area contributed by atoms with Crippen molar-refractivity contribution in [2.45, 2.75) is 26.5 Å². The molecule has 1 amide bonds. The van der Waals surface area contributed by atoms with Gasteiger partial charge in [-0.15, -0.1) is 0 Å². The lowest BCUT2D eigenvalue weighted by Crippen LogP contribution is -2.45.